The molecule has 10 nitrogen and oxygen atoms in total. The third-order valence-electron chi connectivity index (χ3n) is 6.27. The molecule has 3 heterocycles. The summed E-state index contributed by atoms with van der Waals surface area (Å²) in [5.74, 6) is -1.98. The molecule has 5 aromatic rings. The van der Waals surface area contributed by atoms with Crippen LogP contribution in [0.1, 0.15) is 16.8 Å². The zero-order valence-electron chi connectivity index (χ0n) is 22.1. The Morgan fingerprint density at radius 2 is 1.77 bits per heavy atom. The minimum atomic E-state index is -5.08. The molecule has 0 unspecified atom stereocenters. The Bertz CT molecular complexity index is 1810. The van der Waals surface area contributed by atoms with Gasteiger partial charge in [-0.2, -0.15) is 18.2 Å². The number of alkyl halides is 3. The van der Waals surface area contributed by atoms with Gasteiger partial charge in [-0.15, -0.1) is 0 Å². The Balaban J connectivity index is 0.000000472. The van der Waals surface area contributed by atoms with E-state index < -0.39 is 12.1 Å². The van der Waals surface area contributed by atoms with Gasteiger partial charge in [0.15, 0.2) is 11.4 Å². The molecule has 0 spiro atoms. The molecule has 3 aromatic carbocycles. The van der Waals surface area contributed by atoms with Crippen LogP contribution in [-0.2, 0) is 28.9 Å². The number of aromatic nitrogens is 3. The summed E-state index contributed by atoms with van der Waals surface area (Å²) in [5.41, 5.74) is 5.86. The molecule has 0 fully saturated rings. The molecular formula is C29H22ClF3N6O4. The Morgan fingerprint density at radius 1 is 1.00 bits per heavy atom. The number of carboxylic acid groups (broad SMARTS) is 1. The van der Waals surface area contributed by atoms with E-state index in [1.165, 1.54) is 0 Å². The first-order valence-electron chi connectivity index (χ1n) is 12.8. The lowest BCUT2D eigenvalue weighted by Gasteiger charge is -2.14. The maximum atomic E-state index is 13.0. The van der Waals surface area contributed by atoms with Gasteiger partial charge in [-0.25, -0.2) is 9.78 Å². The number of anilines is 5. The number of nitrogens with one attached hydrogen (secondary N) is 3. The van der Waals surface area contributed by atoms with Crippen LogP contribution in [0.4, 0.5) is 42.0 Å². The number of hydrogen-bond acceptors (Lipinski definition) is 8. The van der Waals surface area contributed by atoms with Crippen molar-refractivity contribution in [3.05, 3.63) is 94.8 Å². The molecule has 6 bridgehead atoms. The highest BCUT2D eigenvalue weighted by molar-refractivity contribution is 6.32. The number of hydrogen-bond donors (Lipinski definition) is 4. The summed E-state index contributed by atoms with van der Waals surface area (Å²) in [5, 5.41) is 22.0. The first kappa shape index (κ1) is 29.3. The van der Waals surface area contributed by atoms with Gasteiger partial charge in [0.1, 0.15) is 10.7 Å². The molecule has 2 aromatic heterocycles. The smallest absolute Gasteiger partial charge is 0.475 e. The highest BCUT2D eigenvalue weighted by atomic mass is 35.5. The van der Waals surface area contributed by atoms with Gasteiger partial charge in [-0.1, -0.05) is 41.0 Å². The molecule has 0 radical (unpaired) electrons. The number of aliphatic carboxylic acids is 1. The van der Waals surface area contributed by atoms with Crippen LogP contribution in [0.15, 0.2) is 77.4 Å². The number of amides is 1. The van der Waals surface area contributed by atoms with Crippen molar-refractivity contribution in [1.82, 2.24) is 15.1 Å². The van der Waals surface area contributed by atoms with Crippen LogP contribution < -0.4 is 16.0 Å². The molecule has 0 aliphatic carbocycles. The third kappa shape index (κ3) is 7.38. The SMILES string of the molecule is O=C(Cc1noc2ccccc12)Nc1ccc2cc1CCc1cccc(c1)Nc1ncc(Cl)c(n1)N2.O=C(O)C(F)(F)F. The van der Waals surface area contributed by atoms with Crippen molar-refractivity contribution in [3.8, 4) is 0 Å². The summed E-state index contributed by atoms with van der Waals surface area (Å²) < 4.78 is 37.1. The van der Waals surface area contributed by atoms with Gasteiger partial charge in [0.25, 0.3) is 0 Å². The number of carbonyl (C=O) groups excluding carboxylic acids is 1. The summed E-state index contributed by atoms with van der Waals surface area (Å²) in [4.78, 5) is 30.7. The van der Waals surface area contributed by atoms with Gasteiger partial charge in [-0.3, -0.25) is 4.79 Å². The molecule has 0 atom stereocenters. The van der Waals surface area contributed by atoms with Crippen molar-refractivity contribution >= 4 is 63.3 Å². The second-order valence-corrected chi connectivity index (χ2v) is 9.77. The number of aryl methyl sites for hydroxylation is 2. The van der Waals surface area contributed by atoms with Gasteiger partial charge in [-0.05, 0) is 66.4 Å². The molecule has 4 N–H and O–H groups in total. The number of carboxylic acids is 1. The summed E-state index contributed by atoms with van der Waals surface area (Å²) >= 11 is 6.36. The fourth-order valence-electron chi connectivity index (χ4n) is 4.28. The van der Waals surface area contributed by atoms with Crippen LogP contribution in [0, 0.1) is 0 Å². The van der Waals surface area contributed by atoms with Crippen molar-refractivity contribution in [2.75, 3.05) is 16.0 Å². The van der Waals surface area contributed by atoms with Crippen LogP contribution in [0.2, 0.25) is 5.02 Å². The summed E-state index contributed by atoms with van der Waals surface area (Å²) in [7, 11) is 0. The molecule has 0 saturated heterocycles. The summed E-state index contributed by atoms with van der Waals surface area (Å²) in [6, 6.07) is 21.4. The maximum Gasteiger partial charge on any atom is 0.490 e. The van der Waals surface area contributed by atoms with Gasteiger partial charge in [0.2, 0.25) is 11.9 Å². The van der Waals surface area contributed by atoms with Crippen LogP contribution >= 0.6 is 11.6 Å². The highest BCUT2D eigenvalue weighted by Gasteiger charge is 2.38. The van der Waals surface area contributed by atoms with E-state index in [1.54, 1.807) is 6.20 Å². The van der Waals surface area contributed by atoms with Crippen LogP contribution in [-0.4, -0.2) is 38.3 Å². The third-order valence-corrected chi connectivity index (χ3v) is 6.55. The first-order chi connectivity index (χ1) is 20.5. The van der Waals surface area contributed by atoms with Crippen LogP contribution in [0.25, 0.3) is 11.0 Å². The summed E-state index contributed by atoms with van der Waals surface area (Å²) in [6.45, 7) is 0. The number of para-hydroxylation sites is 1. The fourth-order valence-corrected chi connectivity index (χ4v) is 4.42. The normalized spacial score (nSPS) is 12.3. The Kier molecular flexibility index (Phi) is 8.44. The van der Waals surface area contributed by atoms with Crippen molar-refractivity contribution in [2.45, 2.75) is 25.4 Å². The minimum absolute atomic E-state index is 0.115. The average Bonchev–Trinajstić information content (AvgIpc) is 3.37. The lowest BCUT2D eigenvalue weighted by molar-refractivity contribution is -0.192. The van der Waals surface area contributed by atoms with Gasteiger partial charge in [0.05, 0.1) is 12.6 Å². The highest BCUT2D eigenvalue weighted by Crippen LogP contribution is 2.30. The topological polar surface area (TPSA) is 142 Å². The summed E-state index contributed by atoms with van der Waals surface area (Å²) in [6.07, 6.45) is -1.90. The van der Waals surface area contributed by atoms with Crippen molar-refractivity contribution in [1.29, 1.82) is 0 Å². The minimum Gasteiger partial charge on any atom is -0.475 e. The van der Waals surface area contributed by atoms with Crippen molar-refractivity contribution in [2.24, 2.45) is 0 Å². The average molecular weight is 611 g/mol. The van der Waals surface area contributed by atoms with Crippen molar-refractivity contribution in [3.63, 3.8) is 0 Å². The molecule has 1 amide bonds. The van der Waals surface area contributed by atoms with Crippen molar-refractivity contribution < 1.29 is 32.4 Å². The van der Waals surface area contributed by atoms with Crippen LogP contribution in [0.5, 0.6) is 0 Å². The zero-order chi connectivity index (χ0) is 30.6. The van der Waals surface area contributed by atoms with E-state index in [4.69, 9.17) is 26.0 Å². The zero-order valence-corrected chi connectivity index (χ0v) is 22.8. The number of carbonyl (C=O) groups is 2. The van der Waals surface area contributed by atoms with Gasteiger partial charge in [0, 0.05) is 22.4 Å². The predicted molar refractivity (Wildman–Crippen MR) is 154 cm³/mol. The molecule has 43 heavy (non-hydrogen) atoms. The molecular weight excluding hydrogens is 589 g/mol. The Hall–Kier alpha value is -5.17. The van der Waals surface area contributed by atoms with E-state index in [9.17, 15) is 18.0 Å². The Morgan fingerprint density at radius 3 is 2.56 bits per heavy atom. The number of rotatable bonds is 3. The molecule has 6 rings (SSSR count). The van der Waals surface area contributed by atoms with Crippen LogP contribution in [0.3, 0.4) is 0 Å². The maximum absolute atomic E-state index is 13.0. The number of benzene rings is 3. The lowest BCUT2D eigenvalue weighted by atomic mass is 10.0. The van der Waals surface area contributed by atoms with E-state index in [0.29, 0.717) is 28.1 Å². The van der Waals surface area contributed by atoms with Gasteiger partial charge >= 0.3 is 12.1 Å². The molecule has 14 heteroatoms. The molecule has 1 aliphatic heterocycles. The molecule has 1 aliphatic rings. The first-order valence-corrected chi connectivity index (χ1v) is 13.1. The monoisotopic (exact) mass is 610 g/mol. The van der Waals surface area contributed by atoms with E-state index in [1.807, 2.05) is 54.6 Å². The molecule has 0 saturated carbocycles. The second kappa shape index (κ2) is 12.4. The van der Waals surface area contributed by atoms with E-state index >= 15 is 0 Å². The molecule has 220 valence electrons. The quantitative estimate of drug-likeness (QED) is 0.176. The van der Waals surface area contributed by atoms with E-state index in [-0.39, 0.29) is 12.3 Å². The van der Waals surface area contributed by atoms with E-state index in [2.05, 4.69) is 43.2 Å². The number of fused-ring (bicyclic) bond motifs is 7. The largest absolute Gasteiger partial charge is 0.490 e. The number of nitrogens with zero attached hydrogens (tertiary/aromatic N) is 3. The van der Waals surface area contributed by atoms with Gasteiger partial charge < -0.3 is 25.6 Å². The second-order valence-electron chi connectivity index (χ2n) is 9.37. The standard InChI is InChI=1S/C27H21ClN6O2.C2HF3O2/c28-21-15-29-27-31-18-5-3-4-16(12-18)8-9-17-13-19(30-26(21)33-27)10-11-22(17)32-25(35)14-23-20-6-1-2-7-24(20)36-34-23;3-2(4,5)1(6)7/h1-7,10-13,15H,8-9,14H2,(H,32,35)(H2,29,30,31,33);(H,6,7). The van der Waals surface area contributed by atoms with E-state index in [0.717, 1.165) is 46.4 Å². The number of halogens is 4. The predicted octanol–water partition coefficient (Wildman–Crippen LogP) is 6.67. The Labute approximate surface area is 246 Å². The lowest BCUT2D eigenvalue weighted by Crippen LogP contribution is -2.21. The fraction of sp³-hybridized carbons (Fsp3) is 0.138.